The van der Waals surface area contributed by atoms with Crippen LogP contribution in [0.5, 0.6) is 0 Å². The second kappa shape index (κ2) is 7.09. The summed E-state index contributed by atoms with van der Waals surface area (Å²) in [5, 5.41) is 14.7. The van der Waals surface area contributed by atoms with Gasteiger partial charge in [0, 0.05) is 19.6 Å². The number of ether oxygens (including phenoxy) is 1. The Labute approximate surface area is 140 Å². The summed E-state index contributed by atoms with van der Waals surface area (Å²) in [7, 11) is 0. The first kappa shape index (κ1) is 16.6. The van der Waals surface area contributed by atoms with Crippen LogP contribution in [0.1, 0.15) is 35.8 Å². The van der Waals surface area contributed by atoms with Gasteiger partial charge in [-0.05, 0) is 59.5 Å². The lowest BCUT2D eigenvalue weighted by molar-refractivity contribution is -0.0868. The molecule has 124 valence electrons. The second-order valence-corrected chi connectivity index (χ2v) is 7.01. The van der Waals surface area contributed by atoms with Gasteiger partial charge in [-0.3, -0.25) is 4.90 Å². The number of morpholine rings is 1. The van der Waals surface area contributed by atoms with Gasteiger partial charge in [0.05, 0.1) is 18.3 Å². The Kier molecular flexibility index (Phi) is 5.11. The summed E-state index contributed by atoms with van der Waals surface area (Å²) in [4.78, 5) is 2.23. The fourth-order valence-electron chi connectivity index (χ4n) is 3.19. The van der Waals surface area contributed by atoms with Crippen LogP contribution in [0.3, 0.4) is 0 Å². The molecule has 3 unspecified atom stereocenters. The Bertz CT molecular complexity index is 646. The lowest BCUT2D eigenvalue weighted by Gasteiger charge is -2.37. The molecule has 1 aromatic heterocycles. The molecule has 1 N–H and O–H groups in total. The van der Waals surface area contributed by atoms with E-state index in [9.17, 15) is 9.50 Å². The molecule has 0 aliphatic carbocycles. The third kappa shape index (κ3) is 3.98. The van der Waals surface area contributed by atoms with Crippen LogP contribution in [-0.2, 0) is 4.74 Å². The van der Waals surface area contributed by atoms with Crippen LogP contribution in [0.2, 0.25) is 0 Å². The first-order valence-corrected chi connectivity index (χ1v) is 8.81. The fraction of sp³-hybridized carbons (Fsp3) is 0.444. The summed E-state index contributed by atoms with van der Waals surface area (Å²) in [6.07, 6.45) is -0.453. The van der Waals surface area contributed by atoms with Crippen molar-refractivity contribution < 1.29 is 14.2 Å². The number of thiophene rings is 1. The highest BCUT2D eigenvalue weighted by atomic mass is 32.1. The van der Waals surface area contributed by atoms with Gasteiger partial charge in [-0.2, -0.15) is 11.3 Å². The van der Waals surface area contributed by atoms with Crippen LogP contribution in [0.4, 0.5) is 4.39 Å². The Morgan fingerprint density at radius 1 is 1.39 bits per heavy atom. The zero-order valence-electron chi connectivity index (χ0n) is 13.4. The van der Waals surface area contributed by atoms with Gasteiger partial charge in [0.25, 0.3) is 0 Å². The van der Waals surface area contributed by atoms with E-state index < -0.39 is 6.10 Å². The third-order valence-electron chi connectivity index (χ3n) is 4.27. The number of benzene rings is 1. The van der Waals surface area contributed by atoms with E-state index in [0.29, 0.717) is 6.54 Å². The van der Waals surface area contributed by atoms with E-state index in [1.54, 1.807) is 17.4 Å². The van der Waals surface area contributed by atoms with Gasteiger partial charge in [-0.25, -0.2) is 4.39 Å². The molecule has 2 aromatic rings. The van der Waals surface area contributed by atoms with Gasteiger partial charge in [0.15, 0.2) is 0 Å². The lowest BCUT2D eigenvalue weighted by atomic mass is 10.0. The van der Waals surface area contributed by atoms with E-state index in [4.69, 9.17) is 4.74 Å². The normalized spacial score (nSPS) is 23.8. The van der Waals surface area contributed by atoms with Crippen molar-refractivity contribution in [3.63, 3.8) is 0 Å². The molecular weight excluding hydrogens is 313 g/mol. The van der Waals surface area contributed by atoms with Crippen molar-refractivity contribution in [1.82, 2.24) is 4.90 Å². The average molecular weight is 335 g/mol. The molecule has 1 aromatic carbocycles. The van der Waals surface area contributed by atoms with Crippen molar-refractivity contribution in [1.29, 1.82) is 0 Å². The van der Waals surface area contributed by atoms with Crippen LogP contribution in [0.25, 0.3) is 0 Å². The molecule has 0 bridgehead atoms. The Morgan fingerprint density at radius 2 is 2.22 bits per heavy atom. The number of nitrogens with zero attached hydrogens (tertiary/aromatic N) is 1. The minimum Gasteiger partial charge on any atom is -0.387 e. The quantitative estimate of drug-likeness (QED) is 0.925. The Hall–Kier alpha value is -1.27. The highest BCUT2D eigenvalue weighted by Crippen LogP contribution is 2.28. The monoisotopic (exact) mass is 335 g/mol. The summed E-state index contributed by atoms with van der Waals surface area (Å²) < 4.78 is 19.2. The maximum Gasteiger partial charge on any atom is 0.123 e. The van der Waals surface area contributed by atoms with Crippen LogP contribution in [0, 0.1) is 12.7 Å². The highest BCUT2D eigenvalue weighted by Gasteiger charge is 2.28. The van der Waals surface area contributed by atoms with Crippen molar-refractivity contribution >= 4 is 11.3 Å². The molecule has 1 saturated heterocycles. The molecule has 5 heteroatoms. The van der Waals surface area contributed by atoms with Crippen molar-refractivity contribution in [2.75, 3.05) is 19.6 Å². The zero-order chi connectivity index (χ0) is 16.4. The highest BCUT2D eigenvalue weighted by molar-refractivity contribution is 7.07. The molecule has 3 rings (SSSR count). The molecule has 1 aliphatic heterocycles. The van der Waals surface area contributed by atoms with Crippen molar-refractivity contribution in [3.8, 4) is 0 Å². The van der Waals surface area contributed by atoms with Crippen molar-refractivity contribution in [3.05, 3.63) is 57.5 Å². The van der Waals surface area contributed by atoms with Gasteiger partial charge in [0.1, 0.15) is 5.82 Å². The number of halogens is 1. The largest absolute Gasteiger partial charge is 0.387 e. The fourth-order valence-corrected chi connectivity index (χ4v) is 3.89. The molecular formula is C18H22FNO2S. The molecule has 0 spiro atoms. The predicted molar refractivity (Wildman–Crippen MR) is 90.1 cm³/mol. The maximum atomic E-state index is 13.2. The minimum absolute atomic E-state index is 0.0477. The number of hydrogen-bond acceptors (Lipinski definition) is 4. The van der Waals surface area contributed by atoms with E-state index in [0.717, 1.165) is 24.2 Å². The molecule has 1 aliphatic rings. The smallest absolute Gasteiger partial charge is 0.123 e. The topological polar surface area (TPSA) is 32.7 Å². The number of hydrogen-bond donors (Lipinski definition) is 1. The molecule has 0 saturated carbocycles. The van der Waals surface area contributed by atoms with E-state index in [2.05, 4.69) is 28.7 Å². The van der Waals surface area contributed by atoms with E-state index in [1.165, 1.54) is 17.7 Å². The number of aryl methyl sites for hydroxylation is 1. The number of aliphatic hydroxyl groups excluding tert-OH is 1. The summed E-state index contributed by atoms with van der Waals surface area (Å²) in [6, 6.07) is 6.64. The Morgan fingerprint density at radius 3 is 2.91 bits per heavy atom. The zero-order valence-corrected chi connectivity index (χ0v) is 14.2. The molecule has 23 heavy (non-hydrogen) atoms. The number of rotatable bonds is 4. The minimum atomic E-state index is -0.621. The molecule has 1 fully saturated rings. The first-order valence-electron chi connectivity index (χ1n) is 7.87. The average Bonchev–Trinajstić information content (AvgIpc) is 3.00. The predicted octanol–water partition coefficient (Wildman–Crippen LogP) is 3.69. The van der Waals surface area contributed by atoms with Crippen molar-refractivity contribution in [2.24, 2.45) is 0 Å². The lowest BCUT2D eigenvalue weighted by Crippen LogP contribution is -2.44. The van der Waals surface area contributed by atoms with Crippen LogP contribution >= 0.6 is 11.3 Å². The standard InChI is InChI=1S/C18H22FNO2S/c1-12-7-15(19)3-4-16(12)17(21)9-20-8-13(2)22-18(10-20)14-5-6-23-11-14/h3-7,11,13,17-18,21H,8-10H2,1-2H3. The Balaban J connectivity index is 1.68. The molecule has 3 atom stereocenters. The van der Waals surface area contributed by atoms with Crippen LogP contribution in [0.15, 0.2) is 35.0 Å². The summed E-state index contributed by atoms with van der Waals surface area (Å²) in [5.41, 5.74) is 2.77. The van der Waals surface area contributed by atoms with Gasteiger partial charge in [-0.1, -0.05) is 6.07 Å². The van der Waals surface area contributed by atoms with Crippen LogP contribution < -0.4 is 0 Å². The van der Waals surface area contributed by atoms with Gasteiger partial charge < -0.3 is 9.84 Å². The summed E-state index contributed by atoms with van der Waals surface area (Å²) >= 11 is 1.67. The van der Waals surface area contributed by atoms with Gasteiger partial charge in [-0.15, -0.1) is 0 Å². The summed E-state index contributed by atoms with van der Waals surface area (Å²) in [5.74, 6) is -0.268. The molecule has 0 radical (unpaired) electrons. The van der Waals surface area contributed by atoms with Gasteiger partial charge in [0.2, 0.25) is 0 Å². The first-order chi connectivity index (χ1) is 11.0. The molecule has 0 amide bonds. The van der Waals surface area contributed by atoms with Gasteiger partial charge >= 0.3 is 0 Å². The van der Waals surface area contributed by atoms with Crippen molar-refractivity contribution in [2.45, 2.75) is 32.2 Å². The second-order valence-electron chi connectivity index (χ2n) is 6.23. The summed E-state index contributed by atoms with van der Waals surface area (Å²) in [6.45, 7) is 5.97. The molecule has 3 nitrogen and oxygen atoms in total. The van der Waals surface area contributed by atoms with E-state index >= 15 is 0 Å². The molecule has 2 heterocycles. The maximum absolute atomic E-state index is 13.2. The SMILES string of the molecule is Cc1cc(F)ccc1C(O)CN1CC(C)OC(c2ccsc2)C1. The van der Waals surface area contributed by atoms with Crippen LogP contribution in [-0.4, -0.2) is 35.7 Å². The number of aliphatic hydroxyl groups is 1. The van der Waals surface area contributed by atoms with E-state index in [-0.39, 0.29) is 18.0 Å². The van der Waals surface area contributed by atoms with E-state index in [1.807, 2.05) is 6.92 Å². The number of β-amino-alcohol motifs (C(OH)–C–C–N with tert-alkyl or cyclic N) is 1. The third-order valence-corrected chi connectivity index (χ3v) is 4.97.